The van der Waals surface area contributed by atoms with Crippen molar-refractivity contribution in [3.8, 4) is 0 Å². The molecule has 5 atom stereocenters. The van der Waals surface area contributed by atoms with Crippen LogP contribution in [0.4, 0.5) is 0 Å². The van der Waals surface area contributed by atoms with Gasteiger partial charge in [0.25, 0.3) is 0 Å². The van der Waals surface area contributed by atoms with Gasteiger partial charge in [0.1, 0.15) is 6.10 Å². The monoisotopic (exact) mass is 266 g/mol. The molecule has 0 spiro atoms. The van der Waals surface area contributed by atoms with Crippen molar-refractivity contribution in [3.63, 3.8) is 0 Å². The topological polar surface area (TPSA) is 47.9 Å². The molecule has 1 aromatic rings. The van der Waals surface area contributed by atoms with Crippen LogP contribution in [0.2, 0.25) is 0 Å². The summed E-state index contributed by atoms with van der Waals surface area (Å²) < 4.78 is 16.6. The van der Waals surface area contributed by atoms with Crippen molar-refractivity contribution in [2.75, 3.05) is 7.11 Å². The number of methoxy groups -OCH3 is 1. The van der Waals surface area contributed by atoms with Crippen LogP contribution in [0.3, 0.4) is 0 Å². The SMILES string of the molecule is CO[C@@H]1O[C@@H]([C@@H](C)OCc2ccccc2)[C@H](C)[C@@H]1O. The molecule has 4 nitrogen and oxygen atoms in total. The highest BCUT2D eigenvalue weighted by molar-refractivity contribution is 5.13. The maximum atomic E-state index is 9.96. The normalized spacial score (nSPS) is 32.4. The average molecular weight is 266 g/mol. The summed E-state index contributed by atoms with van der Waals surface area (Å²) in [5.74, 6) is -0.00396. The Labute approximate surface area is 114 Å². The predicted molar refractivity (Wildman–Crippen MR) is 71.5 cm³/mol. The molecule has 1 N–H and O–H groups in total. The average Bonchev–Trinajstić information content (AvgIpc) is 2.73. The molecule has 1 saturated heterocycles. The van der Waals surface area contributed by atoms with Crippen molar-refractivity contribution < 1.29 is 19.3 Å². The molecule has 1 aliphatic heterocycles. The fourth-order valence-corrected chi connectivity index (χ4v) is 2.43. The van der Waals surface area contributed by atoms with Gasteiger partial charge in [-0.2, -0.15) is 0 Å². The Bertz CT molecular complexity index is 381. The summed E-state index contributed by atoms with van der Waals surface area (Å²) in [5.41, 5.74) is 1.13. The van der Waals surface area contributed by atoms with E-state index in [0.29, 0.717) is 6.61 Å². The van der Waals surface area contributed by atoms with Crippen molar-refractivity contribution in [3.05, 3.63) is 35.9 Å². The van der Waals surface area contributed by atoms with Gasteiger partial charge < -0.3 is 19.3 Å². The first-order valence-corrected chi connectivity index (χ1v) is 6.65. The van der Waals surface area contributed by atoms with Crippen molar-refractivity contribution in [1.29, 1.82) is 0 Å². The molecule has 4 heteroatoms. The summed E-state index contributed by atoms with van der Waals surface area (Å²) in [6, 6.07) is 10.0. The summed E-state index contributed by atoms with van der Waals surface area (Å²) in [6.45, 7) is 4.47. The Morgan fingerprint density at radius 2 is 2.00 bits per heavy atom. The Kier molecular flexibility index (Phi) is 4.93. The number of hydrogen-bond donors (Lipinski definition) is 1. The van der Waals surface area contributed by atoms with Crippen LogP contribution in [0.25, 0.3) is 0 Å². The molecular weight excluding hydrogens is 244 g/mol. The highest BCUT2D eigenvalue weighted by Gasteiger charge is 2.43. The number of benzene rings is 1. The summed E-state index contributed by atoms with van der Waals surface area (Å²) in [4.78, 5) is 0. The van der Waals surface area contributed by atoms with Crippen molar-refractivity contribution >= 4 is 0 Å². The van der Waals surface area contributed by atoms with Gasteiger partial charge in [-0.25, -0.2) is 0 Å². The zero-order valence-corrected chi connectivity index (χ0v) is 11.7. The lowest BCUT2D eigenvalue weighted by atomic mass is 9.97. The third-order valence-corrected chi connectivity index (χ3v) is 3.68. The maximum Gasteiger partial charge on any atom is 0.183 e. The second-order valence-corrected chi connectivity index (χ2v) is 5.06. The smallest absolute Gasteiger partial charge is 0.183 e. The van der Waals surface area contributed by atoms with Crippen molar-refractivity contribution in [2.45, 2.75) is 45.1 Å². The van der Waals surface area contributed by atoms with E-state index < -0.39 is 12.4 Å². The number of aliphatic hydroxyl groups excluding tert-OH is 1. The first kappa shape index (κ1) is 14.5. The van der Waals surface area contributed by atoms with Crippen LogP contribution >= 0.6 is 0 Å². The molecule has 0 aromatic heterocycles. The molecule has 0 aliphatic carbocycles. The van der Waals surface area contributed by atoms with Crippen LogP contribution in [0, 0.1) is 5.92 Å². The van der Waals surface area contributed by atoms with E-state index in [1.54, 1.807) is 7.11 Å². The van der Waals surface area contributed by atoms with Gasteiger partial charge in [0.05, 0.1) is 18.8 Å². The lowest BCUT2D eigenvalue weighted by molar-refractivity contribution is -0.168. The van der Waals surface area contributed by atoms with E-state index >= 15 is 0 Å². The molecule has 1 heterocycles. The van der Waals surface area contributed by atoms with E-state index in [0.717, 1.165) is 5.56 Å². The molecule has 0 unspecified atom stereocenters. The minimum absolute atomic E-state index is 0.00396. The minimum Gasteiger partial charge on any atom is -0.387 e. The highest BCUT2D eigenvalue weighted by atomic mass is 16.7. The lowest BCUT2D eigenvalue weighted by Crippen LogP contribution is -2.32. The molecule has 1 aromatic carbocycles. The standard InChI is InChI=1S/C15H22O4/c1-10-13(16)15(17-3)19-14(10)11(2)18-9-12-7-5-4-6-8-12/h4-8,10-11,13-16H,9H2,1-3H3/t10-,11-,13+,14-,15-/m1/s1. The third-order valence-electron chi connectivity index (χ3n) is 3.68. The summed E-state index contributed by atoms with van der Waals surface area (Å²) >= 11 is 0. The van der Waals surface area contributed by atoms with E-state index in [4.69, 9.17) is 14.2 Å². The molecule has 19 heavy (non-hydrogen) atoms. The quantitative estimate of drug-likeness (QED) is 0.885. The van der Waals surface area contributed by atoms with E-state index in [2.05, 4.69) is 0 Å². The van der Waals surface area contributed by atoms with Gasteiger partial charge in [-0.05, 0) is 12.5 Å². The number of hydrogen-bond acceptors (Lipinski definition) is 4. The minimum atomic E-state index is -0.599. The van der Waals surface area contributed by atoms with Gasteiger partial charge in [-0.3, -0.25) is 0 Å². The molecule has 2 rings (SSSR count). The number of ether oxygens (including phenoxy) is 3. The molecule has 1 fully saturated rings. The third kappa shape index (κ3) is 3.34. The molecular formula is C15H22O4. The Morgan fingerprint density at radius 3 is 2.58 bits per heavy atom. The fourth-order valence-electron chi connectivity index (χ4n) is 2.43. The Hall–Kier alpha value is -0.940. The Balaban J connectivity index is 1.88. The van der Waals surface area contributed by atoms with Crippen LogP contribution in [0.1, 0.15) is 19.4 Å². The van der Waals surface area contributed by atoms with Gasteiger partial charge in [0.15, 0.2) is 6.29 Å². The molecule has 0 radical (unpaired) electrons. The maximum absolute atomic E-state index is 9.96. The largest absolute Gasteiger partial charge is 0.387 e. The second-order valence-electron chi connectivity index (χ2n) is 5.06. The zero-order chi connectivity index (χ0) is 13.8. The zero-order valence-electron chi connectivity index (χ0n) is 11.7. The fraction of sp³-hybridized carbons (Fsp3) is 0.600. The Morgan fingerprint density at radius 1 is 1.32 bits per heavy atom. The molecule has 0 amide bonds. The first-order chi connectivity index (χ1) is 9.13. The van der Waals surface area contributed by atoms with E-state index in [1.165, 1.54) is 0 Å². The van der Waals surface area contributed by atoms with Crippen molar-refractivity contribution in [2.24, 2.45) is 5.92 Å². The summed E-state index contributed by atoms with van der Waals surface area (Å²) in [5, 5.41) is 9.96. The molecule has 106 valence electrons. The van der Waals surface area contributed by atoms with Gasteiger partial charge >= 0.3 is 0 Å². The molecule has 0 saturated carbocycles. The highest BCUT2D eigenvalue weighted by Crippen LogP contribution is 2.30. The van der Waals surface area contributed by atoms with E-state index in [1.807, 2.05) is 44.2 Å². The van der Waals surface area contributed by atoms with E-state index in [9.17, 15) is 5.11 Å². The predicted octanol–water partition coefficient (Wildman–Crippen LogP) is 1.96. The number of rotatable bonds is 5. The van der Waals surface area contributed by atoms with E-state index in [-0.39, 0.29) is 18.1 Å². The van der Waals surface area contributed by atoms with Crippen LogP contribution < -0.4 is 0 Å². The van der Waals surface area contributed by atoms with Gasteiger partial charge in [-0.15, -0.1) is 0 Å². The lowest BCUT2D eigenvalue weighted by Gasteiger charge is -2.23. The van der Waals surface area contributed by atoms with Gasteiger partial charge in [-0.1, -0.05) is 37.3 Å². The summed E-state index contributed by atoms with van der Waals surface area (Å²) in [7, 11) is 1.54. The molecule has 0 bridgehead atoms. The van der Waals surface area contributed by atoms with Gasteiger partial charge in [0, 0.05) is 13.0 Å². The van der Waals surface area contributed by atoms with Crippen LogP contribution in [0.15, 0.2) is 30.3 Å². The first-order valence-electron chi connectivity index (χ1n) is 6.65. The van der Waals surface area contributed by atoms with Gasteiger partial charge in [0.2, 0.25) is 0 Å². The molecule has 1 aliphatic rings. The summed E-state index contributed by atoms with van der Waals surface area (Å²) in [6.07, 6.45) is -1.39. The van der Waals surface area contributed by atoms with Crippen LogP contribution in [-0.2, 0) is 20.8 Å². The van der Waals surface area contributed by atoms with Crippen molar-refractivity contribution in [1.82, 2.24) is 0 Å². The van der Waals surface area contributed by atoms with Crippen LogP contribution in [0.5, 0.6) is 0 Å². The number of aliphatic hydroxyl groups is 1. The second kappa shape index (κ2) is 6.48. The van der Waals surface area contributed by atoms with Crippen LogP contribution in [-0.4, -0.2) is 36.8 Å².